The van der Waals surface area contributed by atoms with Crippen molar-refractivity contribution in [3.63, 3.8) is 0 Å². The first-order valence-electron chi connectivity index (χ1n) is 12.5. The fourth-order valence-electron chi connectivity index (χ4n) is 5.00. The van der Waals surface area contributed by atoms with E-state index in [1.54, 1.807) is 11.3 Å². The van der Waals surface area contributed by atoms with Gasteiger partial charge in [-0.1, -0.05) is 18.2 Å². The van der Waals surface area contributed by atoms with Gasteiger partial charge in [0.05, 0.1) is 6.61 Å². The maximum absolute atomic E-state index is 5.99. The number of anilines is 3. The number of benzene rings is 1. The lowest BCUT2D eigenvalue weighted by Crippen LogP contribution is -2.46. The highest BCUT2D eigenvalue weighted by Gasteiger charge is 2.24. The second-order valence-corrected chi connectivity index (χ2v) is 10.1. The molecule has 0 atom stereocenters. The number of aryl methyl sites for hydroxylation is 1. The summed E-state index contributed by atoms with van der Waals surface area (Å²) < 4.78 is 6.98. The number of hydrogen-bond donors (Lipinski definition) is 1. The third-order valence-electron chi connectivity index (χ3n) is 6.83. The molecule has 0 radical (unpaired) electrons. The minimum atomic E-state index is 0.574. The summed E-state index contributed by atoms with van der Waals surface area (Å²) in [5, 5.41) is 4.52. The van der Waals surface area contributed by atoms with Crippen molar-refractivity contribution in [3.05, 3.63) is 42.0 Å². The number of nitrogens with one attached hydrogen (secondary N) is 1. The van der Waals surface area contributed by atoms with Gasteiger partial charge in [-0.15, -0.1) is 11.3 Å². The Morgan fingerprint density at radius 2 is 1.66 bits per heavy atom. The van der Waals surface area contributed by atoms with Gasteiger partial charge in [0, 0.05) is 63.4 Å². The molecule has 1 N–H and O–H groups in total. The predicted molar refractivity (Wildman–Crippen MR) is 145 cm³/mol. The maximum atomic E-state index is 5.99. The van der Waals surface area contributed by atoms with Crippen LogP contribution in [0.3, 0.4) is 0 Å². The van der Waals surface area contributed by atoms with Crippen LogP contribution in [0.4, 0.5) is 17.5 Å². The summed E-state index contributed by atoms with van der Waals surface area (Å²) in [7, 11) is 0. The number of pyridine rings is 1. The van der Waals surface area contributed by atoms with Crippen molar-refractivity contribution in [1.29, 1.82) is 0 Å². The van der Waals surface area contributed by atoms with Gasteiger partial charge in [-0.25, -0.2) is 9.97 Å². The molecule has 2 aliphatic rings. The van der Waals surface area contributed by atoms with Crippen molar-refractivity contribution in [3.8, 4) is 5.88 Å². The average molecular weight is 490 g/mol. The average Bonchev–Trinajstić information content (AvgIpc) is 3.29. The lowest BCUT2D eigenvalue weighted by atomic mass is 10.1. The predicted octanol–water partition coefficient (Wildman–Crippen LogP) is 3.68. The van der Waals surface area contributed by atoms with Gasteiger partial charge in [-0.3, -0.25) is 0 Å². The van der Waals surface area contributed by atoms with Crippen LogP contribution in [0, 0.1) is 6.92 Å². The molecule has 0 bridgehead atoms. The van der Waals surface area contributed by atoms with Crippen LogP contribution in [0.15, 0.2) is 36.4 Å². The highest BCUT2D eigenvalue weighted by molar-refractivity contribution is 7.25. The Kier molecular flexibility index (Phi) is 6.03. The zero-order valence-electron chi connectivity index (χ0n) is 20.3. The Bertz CT molecular complexity index is 1330. The fourth-order valence-corrected chi connectivity index (χ4v) is 6.13. The quantitative estimate of drug-likeness (QED) is 0.455. The van der Waals surface area contributed by atoms with Crippen LogP contribution < -0.4 is 24.8 Å². The highest BCUT2D eigenvalue weighted by atomic mass is 32.1. The minimum Gasteiger partial charge on any atom is -0.477 e. The Morgan fingerprint density at radius 3 is 2.40 bits per heavy atom. The Morgan fingerprint density at radius 1 is 0.914 bits per heavy atom. The summed E-state index contributed by atoms with van der Waals surface area (Å²) in [5.41, 5.74) is 3.45. The molecule has 6 rings (SSSR count). The summed E-state index contributed by atoms with van der Waals surface area (Å²) in [6.07, 6.45) is 0. The van der Waals surface area contributed by atoms with Gasteiger partial charge >= 0.3 is 0 Å². The molecule has 0 saturated carbocycles. The molecular weight excluding hydrogens is 458 g/mol. The molecule has 3 aromatic heterocycles. The fraction of sp³-hybridized carbons (Fsp3) is 0.423. The first-order chi connectivity index (χ1) is 17.2. The van der Waals surface area contributed by atoms with E-state index in [9.17, 15) is 0 Å². The molecule has 2 fully saturated rings. The van der Waals surface area contributed by atoms with Crippen molar-refractivity contribution in [2.75, 3.05) is 73.7 Å². The van der Waals surface area contributed by atoms with Crippen molar-refractivity contribution in [2.24, 2.45) is 0 Å². The number of ether oxygens (including phenoxy) is 1. The van der Waals surface area contributed by atoms with Crippen LogP contribution in [0.1, 0.15) is 12.5 Å². The summed E-state index contributed by atoms with van der Waals surface area (Å²) in [6.45, 7) is 12.3. The van der Waals surface area contributed by atoms with Crippen molar-refractivity contribution < 1.29 is 4.74 Å². The monoisotopic (exact) mass is 489 g/mol. The van der Waals surface area contributed by atoms with Crippen LogP contribution in [0.2, 0.25) is 0 Å². The molecule has 5 heterocycles. The lowest BCUT2D eigenvalue weighted by molar-refractivity contribution is 0.331. The van der Waals surface area contributed by atoms with Gasteiger partial charge < -0.3 is 24.8 Å². The van der Waals surface area contributed by atoms with Crippen LogP contribution >= 0.6 is 11.3 Å². The molecular formula is C26H31N7OS. The van der Waals surface area contributed by atoms with Gasteiger partial charge in [-0.2, -0.15) is 4.98 Å². The van der Waals surface area contributed by atoms with E-state index in [2.05, 4.69) is 63.3 Å². The summed E-state index contributed by atoms with van der Waals surface area (Å²) in [6, 6.07) is 12.9. The van der Waals surface area contributed by atoms with Crippen molar-refractivity contribution in [1.82, 2.24) is 20.3 Å². The molecule has 0 spiro atoms. The number of fused-ring (bicyclic) bond motifs is 3. The number of nitrogens with zero attached hydrogens (tertiary/aromatic N) is 6. The van der Waals surface area contributed by atoms with E-state index in [1.807, 2.05) is 6.92 Å². The summed E-state index contributed by atoms with van der Waals surface area (Å²) in [4.78, 5) is 23.1. The summed E-state index contributed by atoms with van der Waals surface area (Å²) in [5.74, 6) is 2.47. The van der Waals surface area contributed by atoms with E-state index in [1.165, 1.54) is 11.3 Å². The molecule has 4 aromatic rings. The first-order valence-corrected chi connectivity index (χ1v) is 13.3. The second-order valence-electron chi connectivity index (χ2n) is 9.07. The first kappa shape index (κ1) is 22.3. The zero-order chi connectivity index (χ0) is 23.8. The number of aromatic nitrogens is 3. The van der Waals surface area contributed by atoms with Crippen LogP contribution in [0.25, 0.3) is 20.4 Å². The van der Waals surface area contributed by atoms with E-state index in [0.717, 1.165) is 84.6 Å². The van der Waals surface area contributed by atoms with Crippen molar-refractivity contribution in [2.45, 2.75) is 13.8 Å². The number of thiophene rings is 1. The normalized spacial score (nSPS) is 16.9. The highest BCUT2D eigenvalue weighted by Crippen LogP contribution is 2.40. The largest absolute Gasteiger partial charge is 0.477 e. The number of hydrogen-bond acceptors (Lipinski definition) is 9. The van der Waals surface area contributed by atoms with Crippen LogP contribution in [-0.2, 0) is 0 Å². The van der Waals surface area contributed by atoms with Gasteiger partial charge in [0.25, 0.3) is 0 Å². The molecule has 0 amide bonds. The molecule has 1 aromatic carbocycles. The lowest BCUT2D eigenvalue weighted by Gasteiger charge is -2.36. The second kappa shape index (κ2) is 9.47. The molecule has 35 heavy (non-hydrogen) atoms. The third kappa shape index (κ3) is 4.23. The van der Waals surface area contributed by atoms with Crippen LogP contribution in [0.5, 0.6) is 5.88 Å². The number of rotatable bonds is 5. The minimum absolute atomic E-state index is 0.574. The molecule has 0 unspecified atom stereocenters. The van der Waals surface area contributed by atoms with Crippen LogP contribution in [-0.4, -0.2) is 73.9 Å². The Hall–Kier alpha value is -3.17. The zero-order valence-corrected chi connectivity index (χ0v) is 21.1. The van der Waals surface area contributed by atoms with Gasteiger partial charge in [0.1, 0.15) is 20.9 Å². The molecule has 182 valence electrons. The van der Waals surface area contributed by atoms with E-state index in [-0.39, 0.29) is 0 Å². The van der Waals surface area contributed by atoms with Gasteiger partial charge in [0.15, 0.2) is 0 Å². The van der Waals surface area contributed by atoms with Crippen molar-refractivity contribution >= 4 is 49.2 Å². The van der Waals surface area contributed by atoms with E-state index in [0.29, 0.717) is 12.5 Å². The molecule has 8 nitrogen and oxygen atoms in total. The Balaban J connectivity index is 1.34. The van der Waals surface area contributed by atoms with Gasteiger partial charge in [-0.05, 0) is 37.6 Å². The third-order valence-corrected chi connectivity index (χ3v) is 7.89. The summed E-state index contributed by atoms with van der Waals surface area (Å²) >= 11 is 1.64. The maximum Gasteiger partial charge on any atom is 0.236 e. The molecule has 2 aliphatic heterocycles. The smallest absolute Gasteiger partial charge is 0.236 e. The van der Waals surface area contributed by atoms with E-state index in [4.69, 9.17) is 19.7 Å². The van der Waals surface area contributed by atoms with E-state index >= 15 is 0 Å². The van der Waals surface area contributed by atoms with E-state index < -0.39 is 0 Å². The SMILES string of the molecule is CCOc1nc(N2CCNCC2)nc2c1sc1nc(N3CCN(c4ccccc4)CC3)cc(C)c12. The topological polar surface area (TPSA) is 69.6 Å². The number of para-hydroxylation sites is 1. The molecule has 0 aliphatic carbocycles. The standard InChI is InChI=1S/C26H31N7OS/c1-3-34-24-23-22(29-26(30-24)33-11-9-27-10-12-33)21-18(2)17-20(28-25(21)35-23)32-15-13-31(14-16-32)19-7-5-4-6-8-19/h4-8,17,27H,3,9-16H2,1-2H3. The number of piperazine rings is 2. The Labute approximate surface area is 209 Å². The van der Waals surface area contributed by atoms with Gasteiger partial charge in [0.2, 0.25) is 11.8 Å². The molecule has 9 heteroatoms. The molecule has 2 saturated heterocycles.